The molecular weight excluding hydrogens is 182 g/mol. The molecule has 4 nitrogen and oxygen atoms in total. The minimum absolute atomic E-state index is 0.0295. The first-order valence-corrected chi connectivity index (χ1v) is 4.62. The fourth-order valence-corrected chi connectivity index (χ4v) is 1.28. The third-order valence-electron chi connectivity index (χ3n) is 2.31. The summed E-state index contributed by atoms with van der Waals surface area (Å²) in [7, 11) is 0. The number of hydrogen-bond acceptors (Lipinski definition) is 3. The predicted octanol–water partition coefficient (Wildman–Crippen LogP) is 1.71. The van der Waals surface area contributed by atoms with Gasteiger partial charge in [-0.15, -0.1) is 0 Å². The van der Waals surface area contributed by atoms with Crippen molar-refractivity contribution in [2.45, 2.75) is 25.4 Å². The fourth-order valence-electron chi connectivity index (χ4n) is 1.28. The molecule has 4 heteroatoms. The second-order valence-electron chi connectivity index (χ2n) is 3.35. The van der Waals surface area contributed by atoms with Gasteiger partial charge in [0.2, 0.25) is 0 Å². The van der Waals surface area contributed by atoms with Crippen LogP contribution in [0.15, 0.2) is 18.3 Å². The first kappa shape index (κ1) is 8.99. The van der Waals surface area contributed by atoms with Crippen molar-refractivity contribution in [3.8, 4) is 5.75 Å². The molecule has 0 aliphatic heterocycles. The van der Waals surface area contributed by atoms with Crippen molar-refractivity contribution < 1.29 is 14.6 Å². The van der Waals surface area contributed by atoms with Crippen LogP contribution in [0.4, 0.5) is 0 Å². The number of carboxylic acids is 1. The number of carbonyl (C=O) groups is 1. The lowest BCUT2D eigenvalue weighted by Crippen LogP contribution is -2.24. The smallest absolute Gasteiger partial charge is 0.354 e. The number of ether oxygens (including phenoxy) is 1. The molecule has 14 heavy (non-hydrogen) atoms. The Hall–Kier alpha value is -1.58. The van der Waals surface area contributed by atoms with Crippen LogP contribution in [0.25, 0.3) is 0 Å². The lowest BCUT2D eigenvalue weighted by atomic mass is 9.96. The van der Waals surface area contributed by atoms with Gasteiger partial charge < -0.3 is 9.84 Å². The van der Waals surface area contributed by atoms with Crippen LogP contribution < -0.4 is 4.74 Å². The molecule has 74 valence electrons. The highest BCUT2D eigenvalue weighted by Gasteiger charge is 2.19. The molecule has 1 aliphatic carbocycles. The maximum atomic E-state index is 10.6. The van der Waals surface area contributed by atoms with E-state index < -0.39 is 5.97 Å². The van der Waals surface area contributed by atoms with Crippen molar-refractivity contribution in [2.75, 3.05) is 0 Å². The predicted molar refractivity (Wildman–Crippen MR) is 49.5 cm³/mol. The van der Waals surface area contributed by atoms with E-state index in [1.807, 2.05) is 0 Å². The SMILES string of the molecule is O=C(O)c1cc(OC2CCC2)ccn1. The summed E-state index contributed by atoms with van der Waals surface area (Å²) in [5.74, 6) is -0.425. The Morgan fingerprint density at radius 1 is 1.57 bits per heavy atom. The van der Waals surface area contributed by atoms with E-state index >= 15 is 0 Å². The zero-order chi connectivity index (χ0) is 9.97. The number of aromatic nitrogens is 1. The van der Waals surface area contributed by atoms with E-state index in [2.05, 4.69) is 4.98 Å². The number of aromatic carboxylic acids is 1. The molecule has 1 aliphatic rings. The van der Waals surface area contributed by atoms with E-state index in [1.165, 1.54) is 18.7 Å². The third kappa shape index (κ3) is 1.84. The molecule has 1 N–H and O–H groups in total. The van der Waals surface area contributed by atoms with Gasteiger partial charge in [-0.1, -0.05) is 0 Å². The zero-order valence-corrected chi connectivity index (χ0v) is 7.64. The molecule has 1 saturated carbocycles. The summed E-state index contributed by atoms with van der Waals surface area (Å²) in [5, 5.41) is 8.70. The summed E-state index contributed by atoms with van der Waals surface area (Å²) < 4.78 is 5.54. The zero-order valence-electron chi connectivity index (χ0n) is 7.64. The van der Waals surface area contributed by atoms with Crippen molar-refractivity contribution in [2.24, 2.45) is 0 Å². The largest absolute Gasteiger partial charge is 0.490 e. The second-order valence-corrected chi connectivity index (χ2v) is 3.35. The molecule has 1 fully saturated rings. The van der Waals surface area contributed by atoms with E-state index in [-0.39, 0.29) is 11.8 Å². The lowest BCUT2D eigenvalue weighted by Gasteiger charge is -2.26. The lowest BCUT2D eigenvalue weighted by molar-refractivity contribution is 0.0688. The minimum atomic E-state index is -1.02. The Kier molecular flexibility index (Phi) is 2.35. The standard InChI is InChI=1S/C10H11NO3/c12-10(13)9-6-8(4-5-11-9)14-7-2-1-3-7/h4-7H,1-3H2,(H,12,13). The average molecular weight is 193 g/mol. The second kappa shape index (κ2) is 3.65. The Labute approximate surface area is 81.5 Å². The number of nitrogens with zero attached hydrogens (tertiary/aromatic N) is 1. The Morgan fingerprint density at radius 2 is 2.36 bits per heavy atom. The van der Waals surface area contributed by atoms with Crippen molar-refractivity contribution in [1.29, 1.82) is 0 Å². The highest BCUT2D eigenvalue weighted by atomic mass is 16.5. The molecule has 0 amide bonds. The van der Waals surface area contributed by atoms with Crippen molar-refractivity contribution in [3.63, 3.8) is 0 Å². The van der Waals surface area contributed by atoms with Gasteiger partial charge in [0.05, 0.1) is 6.10 Å². The van der Waals surface area contributed by atoms with Crippen molar-refractivity contribution in [3.05, 3.63) is 24.0 Å². The molecule has 2 rings (SSSR count). The third-order valence-corrected chi connectivity index (χ3v) is 2.31. The summed E-state index contributed by atoms with van der Waals surface area (Å²) in [5.41, 5.74) is 0.0295. The van der Waals surface area contributed by atoms with Crippen LogP contribution in [0.1, 0.15) is 29.8 Å². The Balaban J connectivity index is 2.09. The molecule has 1 aromatic rings. The van der Waals surface area contributed by atoms with E-state index in [1.54, 1.807) is 6.07 Å². The van der Waals surface area contributed by atoms with Gasteiger partial charge >= 0.3 is 5.97 Å². The van der Waals surface area contributed by atoms with Gasteiger partial charge in [-0.2, -0.15) is 0 Å². The number of rotatable bonds is 3. The summed E-state index contributed by atoms with van der Waals surface area (Å²) in [6.45, 7) is 0. The van der Waals surface area contributed by atoms with Gasteiger partial charge in [0, 0.05) is 12.3 Å². The molecule has 1 aromatic heterocycles. The van der Waals surface area contributed by atoms with Crippen LogP contribution in [0, 0.1) is 0 Å². The molecular formula is C10H11NO3. The van der Waals surface area contributed by atoms with Crippen LogP contribution in [0.2, 0.25) is 0 Å². The van der Waals surface area contributed by atoms with Gasteiger partial charge in [0.1, 0.15) is 5.75 Å². The van der Waals surface area contributed by atoms with Crippen molar-refractivity contribution in [1.82, 2.24) is 4.98 Å². The van der Waals surface area contributed by atoms with Gasteiger partial charge in [-0.25, -0.2) is 9.78 Å². The van der Waals surface area contributed by atoms with Crippen LogP contribution in [0.5, 0.6) is 5.75 Å². The monoisotopic (exact) mass is 193 g/mol. The Morgan fingerprint density at radius 3 is 2.93 bits per heavy atom. The van der Waals surface area contributed by atoms with Crippen LogP contribution >= 0.6 is 0 Å². The quantitative estimate of drug-likeness (QED) is 0.793. The maximum Gasteiger partial charge on any atom is 0.354 e. The summed E-state index contributed by atoms with van der Waals surface area (Å²) in [6, 6.07) is 3.14. The first-order valence-electron chi connectivity index (χ1n) is 4.62. The summed E-state index contributed by atoms with van der Waals surface area (Å²) in [6.07, 6.45) is 5.04. The minimum Gasteiger partial charge on any atom is -0.490 e. The Bertz CT molecular complexity index is 347. The number of pyridine rings is 1. The van der Waals surface area contributed by atoms with Crippen LogP contribution in [-0.4, -0.2) is 22.2 Å². The molecule has 0 unspecified atom stereocenters. The first-order chi connectivity index (χ1) is 6.75. The van der Waals surface area contributed by atoms with E-state index in [0.717, 1.165) is 12.8 Å². The van der Waals surface area contributed by atoms with Gasteiger partial charge in [0.25, 0.3) is 0 Å². The molecule has 0 saturated heterocycles. The molecule has 0 aromatic carbocycles. The molecule has 1 heterocycles. The van der Waals surface area contributed by atoms with Crippen LogP contribution in [-0.2, 0) is 0 Å². The highest BCUT2D eigenvalue weighted by Crippen LogP contribution is 2.24. The topological polar surface area (TPSA) is 59.4 Å². The van der Waals surface area contributed by atoms with E-state index in [4.69, 9.17) is 9.84 Å². The maximum absolute atomic E-state index is 10.6. The van der Waals surface area contributed by atoms with E-state index in [0.29, 0.717) is 5.75 Å². The number of carboxylic acid groups (broad SMARTS) is 1. The molecule has 0 bridgehead atoms. The van der Waals surface area contributed by atoms with Gasteiger partial charge in [-0.3, -0.25) is 0 Å². The normalized spacial score (nSPS) is 16.0. The molecule has 0 spiro atoms. The molecule has 0 radical (unpaired) electrons. The summed E-state index contributed by atoms with van der Waals surface area (Å²) in [4.78, 5) is 14.3. The average Bonchev–Trinajstić information content (AvgIpc) is 2.12. The van der Waals surface area contributed by atoms with Gasteiger partial charge in [0.15, 0.2) is 5.69 Å². The van der Waals surface area contributed by atoms with E-state index in [9.17, 15) is 4.79 Å². The highest BCUT2D eigenvalue weighted by molar-refractivity contribution is 5.85. The van der Waals surface area contributed by atoms with Gasteiger partial charge in [-0.05, 0) is 25.3 Å². The van der Waals surface area contributed by atoms with Crippen molar-refractivity contribution >= 4 is 5.97 Å². The molecule has 0 atom stereocenters. The summed E-state index contributed by atoms with van der Waals surface area (Å²) >= 11 is 0. The fraction of sp³-hybridized carbons (Fsp3) is 0.400. The van der Waals surface area contributed by atoms with Crippen LogP contribution in [0.3, 0.4) is 0 Å². The number of hydrogen-bond donors (Lipinski definition) is 1.